The topological polar surface area (TPSA) is 0 Å². The Morgan fingerprint density at radius 1 is 0.786 bits per heavy atom. The standard InChI is InChI=1S/C9H21Si.C2H.BrH.Mg/c1-7(2)10(8(3)4)9(5)6;1-2;;/h7-9H,1-6H3;1H;1H;/q2*-1;;+2. The molecule has 0 aromatic heterocycles. The molecule has 0 N–H and O–H groups in total. The number of hydrogen-bond donors (Lipinski definition) is 0. The third-order valence-electron chi connectivity index (χ3n) is 2.00. The van der Waals surface area contributed by atoms with E-state index < -0.39 is 0 Å². The van der Waals surface area contributed by atoms with E-state index in [0.29, 0.717) is 0 Å². The Hall–Kier alpha value is 1.02. The first-order chi connectivity index (χ1) is 5.46. The van der Waals surface area contributed by atoms with Gasteiger partial charge in [0, 0.05) is 0 Å². The molecule has 0 saturated carbocycles. The molecule has 0 unspecified atom stereocenters. The summed E-state index contributed by atoms with van der Waals surface area (Å²) in [7, 11) is -0.0957. The Morgan fingerprint density at radius 2 is 0.929 bits per heavy atom. The molecule has 0 atom stereocenters. The molecule has 0 spiro atoms. The van der Waals surface area contributed by atoms with Gasteiger partial charge in [-0.3, -0.25) is 8.80 Å². The molecule has 0 aromatic rings. The van der Waals surface area contributed by atoms with Gasteiger partial charge in [-0.2, -0.15) is 16.6 Å². The normalized spacial score (nSPS) is 9.14. The van der Waals surface area contributed by atoms with Crippen molar-refractivity contribution < 1.29 is 0 Å². The summed E-state index contributed by atoms with van der Waals surface area (Å²) in [4.78, 5) is 0. The minimum atomic E-state index is -0.0957. The van der Waals surface area contributed by atoms with E-state index in [2.05, 4.69) is 48.0 Å². The van der Waals surface area contributed by atoms with Gasteiger partial charge in [-0.15, -0.1) is 17.0 Å². The van der Waals surface area contributed by atoms with Crippen LogP contribution in [-0.2, 0) is 0 Å². The molecule has 0 amide bonds. The van der Waals surface area contributed by atoms with Gasteiger partial charge in [-0.1, -0.05) is 41.5 Å². The molecule has 3 heteroatoms. The van der Waals surface area contributed by atoms with E-state index in [0.717, 1.165) is 16.6 Å². The largest absolute Gasteiger partial charge is 2.00 e. The van der Waals surface area contributed by atoms with Crippen molar-refractivity contribution in [3.63, 3.8) is 0 Å². The van der Waals surface area contributed by atoms with Crippen LogP contribution in [-0.4, -0.2) is 31.8 Å². The Morgan fingerprint density at radius 3 is 0.929 bits per heavy atom. The van der Waals surface area contributed by atoms with Crippen molar-refractivity contribution >= 4 is 48.8 Å². The second kappa shape index (κ2) is 14.0. The molecule has 80 valence electrons. The number of terminal acetylenes is 1. The number of rotatable bonds is 3. The summed E-state index contributed by atoms with van der Waals surface area (Å²) >= 11 is 0. The first kappa shape index (κ1) is 24.3. The van der Waals surface area contributed by atoms with Gasteiger partial charge in [0.2, 0.25) is 0 Å². The molecule has 0 fully saturated rings. The molecule has 0 bridgehead atoms. The second-order valence-corrected chi connectivity index (χ2v) is 8.43. The molecular weight excluding hydrogens is 264 g/mol. The number of hydrogen-bond acceptors (Lipinski definition) is 0. The average Bonchev–Trinajstić information content (AvgIpc) is 1.88. The maximum Gasteiger partial charge on any atom is 2.00 e. The summed E-state index contributed by atoms with van der Waals surface area (Å²) in [6.45, 7) is 14.2. The summed E-state index contributed by atoms with van der Waals surface area (Å²) in [6, 6.07) is 0. The van der Waals surface area contributed by atoms with Crippen molar-refractivity contribution in [2.75, 3.05) is 0 Å². The third kappa shape index (κ3) is 11.1. The molecule has 0 heterocycles. The SMILES string of the molecule is Br.CC(C)[Si-](C(C)C)C(C)C.[C-]#C.[Mg+2]. The van der Waals surface area contributed by atoms with E-state index in [1.54, 1.807) is 0 Å². The zero-order valence-corrected chi connectivity index (χ0v) is 14.6. The molecule has 0 radical (unpaired) electrons. The van der Waals surface area contributed by atoms with Crippen molar-refractivity contribution in [1.82, 2.24) is 0 Å². The van der Waals surface area contributed by atoms with Gasteiger partial charge in [0.25, 0.3) is 0 Å². The molecule has 0 rings (SSSR count). The minimum absolute atomic E-state index is 0. The monoisotopic (exact) mass is 286 g/mol. The van der Waals surface area contributed by atoms with Gasteiger partial charge in [0.15, 0.2) is 0 Å². The van der Waals surface area contributed by atoms with E-state index >= 15 is 0 Å². The Labute approximate surface area is 119 Å². The zero-order valence-electron chi connectivity index (χ0n) is 10.4. The van der Waals surface area contributed by atoms with Crippen molar-refractivity contribution in [2.45, 2.75) is 58.2 Å². The van der Waals surface area contributed by atoms with Crippen molar-refractivity contribution in [3.05, 3.63) is 6.42 Å². The van der Waals surface area contributed by atoms with Gasteiger partial charge in [0.1, 0.15) is 0 Å². The van der Waals surface area contributed by atoms with Crippen LogP contribution < -0.4 is 0 Å². The third-order valence-corrected chi connectivity index (χ3v) is 6.00. The van der Waals surface area contributed by atoms with Crippen LogP contribution in [0.4, 0.5) is 0 Å². The molecule has 0 aliphatic heterocycles. The van der Waals surface area contributed by atoms with Crippen LogP contribution >= 0.6 is 17.0 Å². The van der Waals surface area contributed by atoms with Crippen LogP contribution in [0.25, 0.3) is 0 Å². The predicted molar refractivity (Wildman–Crippen MR) is 75.3 cm³/mol. The van der Waals surface area contributed by atoms with Crippen molar-refractivity contribution in [1.29, 1.82) is 0 Å². The maximum atomic E-state index is 5.25. The van der Waals surface area contributed by atoms with Crippen LogP contribution in [0.3, 0.4) is 0 Å². The molecule has 0 saturated heterocycles. The summed E-state index contributed by atoms with van der Waals surface area (Å²) < 4.78 is 0. The summed E-state index contributed by atoms with van der Waals surface area (Å²) in [5.41, 5.74) is 2.81. The van der Waals surface area contributed by atoms with Crippen LogP contribution in [0.15, 0.2) is 0 Å². The molecule has 0 aliphatic rings. The van der Waals surface area contributed by atoms with Crippen molar-refractivity contribution in [2.24, 2.45) is 0 Å². The van der Waals surface area contributed by atoms with Gasteiger partial charge < -0.3 is 12.8 Å². The first-order valence-electron chi connectivity index (χ1n) is 4.62. The van der Waals surface area contributed by atoms with Crippen molar-refractivity contribution in [3.8, 4) is 6.42 Å². The van der Waals surface area contributed by atoms with Gasteiger partial charge in [0.05, 0.1) is 0 Å². The van der Waals surface area contributed by atoms with E-state index in [1.165, 1.54) is 0 Å². The van der Waals surface area contributed by atoms with Crippen LogP contribution in [0.5, 0.6) is 0 Å². The molecule has 0 aliphatic carbocycles. The van der Waals surface area contributed by atoms with Crippen LogP contribution in [0, 0.1) is 12.8 Å². The van der Waals surface area contributed by atoms with Gasteiger partial charge >= 0.3 is 23.1 Å². The maximum absolute atomic E-state index is 5.25. The molecule has 0 nitrogen and oxygen atoms in total. The smallest absolute Gasteiger partial charge is 0.697 e. The fourth-order valence-corrected chi connectivity index (χ4v) is 6.00. The second-order valence-electron chi connectivity index (χ2n) is 3.96. The molecule has 0 aromatic carbocycles. The fourth-order valence-electron chi connectivity index (χ4n) is 2.00. The minimum Gasteiger partial charge on any atom is -0.697 e. The fraction of sp³-hybridized carbons (Fsp3) is 0.818. The summed E-state index contributed by atoms with van der Waals surface area (Å²) in [5.74, 6) is 0. The van der Waals surface area contributed by atoms with Gasteiger partial charge in [-0.05, 0) is 0 Å². The Balaban J connectivity index is -0.000000117. The molecular formula is C11H23BrMgSi. The summed E-state index contributed by atoms with van der Waals surface area (Å²) in [5, 5.41) is 0. The quantitative estimate of drug-likeness (QED) is 0.416. The summed E-state index contributed by atoms with van der Waals surface area (Å²) in [6.07, 6.45) is 9.00. The average molecular weight is 288 g/mol. The Bertz CT molecular complexity index is 103. The van der Waals surface area contributed by atoms with E-state index in [9.17, 15) is 0 Å². The number of halogens is 1. The molecule has 14 heavy (non-hydrogen) atoms. The van der Waals surface area contributed by atoms with E-state index in [-0.39, 0.29) is 48.8 Å². The van der Waals surface area contributed by atoms with Crippen LogP contribution in [0.1, 0.15) is 41.5 Å². The van der Waals surface area contributed by atoms with E-state index in [1.807, 2.05) is 0 Å². The van der Waals surface area contributed by atoms with E-state index in [4.69, 9.17) is 6.42 Å². The van der Waals surface area contributed by atoms with Crippen LogP contribution in [0.2, 0.25) is 16.6 Å². The zero-order chi connectivity index (χ0) is 10.3. The predicted octanol–water partition coefficient (Wildman–Crippen LogP) is 4.11. The first-order valence-corrected chi connectivity index (χ1v) is 6.35. The Kier molecular flexibility index (Phi) is 24.4. The van der Waals surface area contributed by atoms with Gasteiger partial charge in [-0.25, -0.2) is 0 Å².